The lowest BCUT2D eigenvalue weighted by Crippen LogP contribution is -2.42. The van der Waals surface area contributed by atoms with Crippen molar-refractivity contribution < 1.29 is 5.11 Å². The molecule has 0 radical (unpaired) electrons. The van der Waals surface area contributed by atoms with Crippen LogP contribution in [0.25, 0.3) is 0 Å². The van der Waals surface area contributed by atoms with Crippen LogP contribution in [0.1, 0.15) is 52.4 Å². The Morgan fingerprint density at radius 3 is 2.71 bits per heavy atom. The fourth-order valence-corrected chi connectivity index (χ4v) is 2.41. The molecule has 2 heteroatoms. The third-order valence-corrected chi connectivity index (χ3v) is 3.41. The largest absolute Gasteiger partial charge is 0.396 e. The predicted molar refractivity (Wildman–Crippen MR) is 60.3 cm³/mol. The average Bonchev–Trinajstić information content (AvgIpc) is 2.18. The third kappa shape index (κ3) is 3.97. The molecule has 0 aromatic heterocycles. The summed E-state index contributed by atoms with van der Waals surface area (Å²) in [5.74, 6) is 0.834. The van der Waals surface area contributed by atoms with Gasteiger partial charge >= 0.3 is 0 Å². The highest BCUT2D eigenvalue weighted by Crippen LogP contribution is 2.24. The molecule has 0 amide bonds. The van der Waals surface area contributed by atoms with Crippen molar-refractivity contribution in [2.75, 3.05) is 6.61 Å². The Labute approximate surface area is 88.1 Å². The zero-order chi connectivity index (χ0) is 10.4. The third-order valence-electron chi connectivity index (χ3n) is 3.41. The van der Waals surface area contributed by atoms with Crippen LogP contribution in [0.15, 0.2) is 0 Å². The first-order valence-electron chi connectivity index (χ1n) is 6.11. The molecule has 0 saturated heterocycles. The maximum Gasteiger partial charge on any atom is 0.0431 e. The Bertz CT molecular complexity index is 149. The molecular formula is C12H25NO. The van der Waals surface area contributed by atoms with Gasteiger partial charge in [-0.2, -0.15) is 0 Å². The number of aliphatic hydroxyl groups excluding tert-OH is 1. The van der Waals surface area contributed by atoms with Crippen molar-refractivity contribution in [2.24, 2.45) is 5.92 Å². The quantitative estimate of drug-likeness (QED) is 0.712. The van der Waals surface area contributed by atoms with Crippen molar-refractivity contribution >= 4 is 0 Å². The van der Waals surface area contributed by atoms with Gasteiger partial charge in [0.25, 0.3) is 0 Å². The highest BCUT2D eigenvalue weighted by Gasteiger charge is 2.21. The molecule has 0 unspecified atom stereocenters. The minimum atomic E-state index is 0.326. The van der Waals surface area contributed by atoms with Crippen molar-refractivity contribution in [3.8, 4) is 0 Å². The number of nitrogens with one attached hydrogen (secondary N) is 1. The second-order valence-electron chi connectivity index (χ2n) is 4.80. The van der Waals surface area contributed by atoms with E-state index in [9.17, 15) is 0 Å². The van der Waals surface area contributed by atoms with Crippen molar-refractivity contribution in [1.82, 2.24) is 5.32 Å². The molecule has 2 nitrogen and oxygen atoms in total. The van der Waals surface area contributed by atoms with Crippen LogP contribution in [0.3, 0.4) is 0 Å². The van der Waals surface area contributed by atoms with Crippen LogP contribution in [-0.2, 0) is 0 Å². The van der Waals surface area contributed by atoms with Crippen molar-refractivity contribution in [3.05, 3.63) is 0 Å². The average molecular weight is 199 g/mol. The van der Waals surface area contributed by atoms with Gasteiger partial charge in [-0.25, -0.2) is 0 Å². The van der Waals surface area contributed by atoms with Gasteiger partial charge in [-0.1, -0.05) is 19.8 Å². The maximum atomic E-state index is 8.75. The van der Waals surface area contributed by atoms with E-state index in [0.717, 1.165) is 24.8 Å². The van der Waals surface area contributed by atoms with E-state index in [1.165, 1.54) is 25.7 Å². The monoisotopic (exact) mass is 199 g/mol. The lowest BCUT2D eigenvalue weighted by atomic mass is 9.85. The van der Waals surface area contributed by atoms with E-state index >= 15 is 0 Å². The van der Waals surface area contributed by atoms with Crippen LogP contribution in [0, 0.1) is 5.92 Å². The first-order valence-corrected chi connectivity index (χ1v) is 6.11. The zero-order valence-corrected chi connectivity index (χ0v) is 9.63. The van der Waals surface area contributed by atoms with Gasteiger partial charge in [0.1, 0.15) is 0 Å². The van der Waals surface area contributed by atoms with E-state index in [4.69, 9.17) is 5.11 Å². The van der Waals surface area contributed by atoms with Crippen molar-refractivity contribution in [2.45, 2.75) is 64.5 Å². The Morgan fingerprint density at radius 1 is 1.36 bits per heavy atom. The van der Waals surface area contributed by atoms with E-state index in [0.29, 0.717) is 12.6 Å². The number of aliphatic hydroxyl groups is 1. The number of rotatable bonds is 5. The fourth-order valence-electron chi connectivity index (χ4n) is 2.41. The van der Waals surface area contributed by atoms with E-state index in [-0.39, 0.29) is 0 Å². The smallest absolute Gasteiger partial charge is 0.0431 e. The Balaban J connectivity index is 2.20. The van der Waals surface area contributed by atoms with Gasteiger partial charge in [-0.15, -0.1) is 0 Å². The standard InChI is InChI=1S/C12H25NO/c1-10-6-3-4-8-12(10)13-11(2)7-5-9-14/h10-14H,3-9H2,1-2H3/t10-,11-,12+/m0/s1. The Kier molecular flexibility index (Phi) is 5.49. The van der Waals surface area contributed by atoms with Crippen LogP contribution in [-0.4, -0.2) is 23.8 Å². The summed E-state index contributed by atoms with van der Waals surface area (Å²) in [5.41, 5.74) is 0. The summed E-state index contributed by atoms with van der Waals surface area (Å²) in [6.45, 7) is 4.92. The SMILES string of the molecule is C[C@@H](CCCO)N[C@@H]1CCCC[C@@H]1C. The lowest BCUT2D eigenvalue weighted by molar-refractivity contribution is 0.241. The van der Waals surface area contributed by atoms with Gasteiger partial charge in [0.2, 0.25) is 0 Å². The Hall–Kier alpha value is -0.0800. The molecule has 84 valence electrons. The molecule has 0 bridgehead atoms. The summed E-state index contributed by atoms with van der Waals surface area (Å²) < 4.78 is 0. The highest BCUT2D eigenvalue weighted by molar-refractivity contribution is 4.80. The van der Waals surface area contributed by atoms with Crippen molar-refractivity contribution in [3.63, 3.8) is 0 Å². The van der Waals surface area contributed by atoms with Crippen LogP contribution in [0.5, 0.6) is 0 Å². The first-order chi connectivity index (χ1) is 6.74. The van der Waals surface area contributed by atoms with Gasteiger partial charge in [-0.3, -0.25) is 0 Å². The summed E-state index contributed by atoms with van der Waals surface area (Å²) in [5, 5.41) is 12.4. The zero-order valence-electron chi connectivity index (χ0n) is 9.63. The molecule has 1 aliphatic carbocycles. The van der Waals surface area contributed by atoms with Crippen molar-refractivity contribution in [1.29, 1.82) is 0 Å². The molecule has 1 rings (SSSR count). The topological polar surface area (TPSA) is 32.3 Å². The van der Waals surface area contributed by atoms with E-state index in [2.05, 4.69) is 19.2 Å². The second kappa shape index (κ2) is 6.41. The summed E-state index contributed by atoms with van der Waals surface area (Å²) >= 11 is 0. The Morgan fingerprint density at radius 2 is 2.07 bits per heavy atom. The first kappa shape index (κ1) is 12.0. The second-order valence-corrected chi connectivity index (χ2v) is 4.80. The fraction of sp³-hybridized carbons (Fsp3) is 1.00. The van der Waals surface area contributed by atoms with E-state index in [1.54, 1.807) is 0 Å². The highest BCUT2D eigenvalue weighted by atomic mass is 16.2. The predicted octanol–water partition coefficient (Wildman–Crippen LogP) is 2.32. The minimum Gasteiger partial charge on any atom is -0.396 e. The molecule has 0 heterocycles. The van der Waals surface area contributed by atoms with Crippen LogP contribution in [0.2, 0.25) is 0 Å². The van der Waals surface area contributed by atoms with Gasteiger partial charge in [0.15, 0.2) is 0 Å². The molecule has 1 fully saturated rings. The number of hydrogen-bond acceptors (Lipinski definition) is 2. The van der Waals surface area contributed by atoms with Gasteiger partial charge in [0, 0.05) is 18.7 Å². The maximum absolute atomic E-state index is 8.75. The molecule has 2 N–H and O–H groups in total. The molecular weight excluding hydrogens is 174 g/mol. The molecule has 3 atom stereocenters. The summed E-state index contributed by atoms with van der Waals surface area (Å²) in [7, 11) is 0. The molecule has 0 spiro atoms. The lowest BCUT2D eigenvalue weighted by Gasteiger charge is -2.32. The summed E-state index contributed by atoms with van der Waals surface area (Å²) in [6, 6.07) is 1.28. The van der Waals surface area contributed by atoms with Crippen LogP contribution < -0.4 is 5.32 Å². The van der Waals surface area contributed by atoms with Gasteiger partial charge < -0.3 is 10.4 Å². The van der Waals surface area contributed by atoms with Crippen LogP contribution >= 0.6 is 0 Å². The van der Waals surface area contributed by atoms with Gasteiger partial charge in [-0.05, 0) is 38.5 Å². The normalized spacial score (nSPS) is 30.2. The summed E-state index contributed by atoms with van der Waals surface area (Å²) in [6.07, 6.45) is 7.53. The molecule has 1 saturated carbocycles. The number of hydrogen-bond donors (Lipinski definition) is 2. The molecule has 14 heavy (non-hydrogen) atoms. The molecule has 1 aliphatic rings. The van der Waals surface area contributed by atoms with E-state index < -0.39 is 0 Å². The summed E-state index contributed by atoms with van der Waals surface area (Å²) in [4.78, 5) is 0. The molecule has 0 aliphatic heterocycles. The molecule has 0 aromatic carbocycles. The molecule has 0 aromatic rings. The van der Waals surface area contributed by atoms with E-state index in [1.807, 2.05) is 0 Å². The van der Waals surface area contributed by atoms with Gasteiger partial charge in [0.05, 0.1) is 0 Å². The minimum absolute atomic E-state index is 0.326. The van der Waals surface area contributed by atoms with Crippen LogP contribution in [0.4, 0.5) is 0 Å².